The van der Waals surface area contributed by atoms with Crippen LogP contribution in [0, 0.1) is 40.4 Å². The van der Waals surface area contributed by atoms with E-state index in [0.29, 0.717) is 6.42 Å². The summed E-state index contributed by atoms with van der Waals surface area (Å²) in [6, 6.07) is -0.879. The van der Waals surface area contributed by atoms with Gasteiger partial charge in [0.2, 0.25) is 0 Å². The third kappa shape index (κ3) is 2.86. The van der Waals surface area contributed by atoms with Gasteiger partial charge in [-0.3, -0.25) is 4.79 Å². The van der Waals surface area contributed by atoms with E-state index >= 15 is 8.78 Å². The summed E-state index contributed by atoms with van der Waals surface area (Å²) in [7, 11) is 0. The maximum atomic E-state index is 15.5. The molecule has 0 heterocycles. The van der Waals surface area contributed by atoms with E-state index in [1.165, 1.54) is 6.42 Å². The molecule has 3 N–H and O–H groups in total. The van der Waals surface area contributed by atoms with Gasteiger partial charge < -0.3 is 10.8 Å². The van der Waals surface area contributed by atoms with E-state index in [9.17, 15) is 9.90 Å². The zero-order valence-corrected chi connectivity index (χ0v) is 16.7. The van der Waals surface area contributed by atoms with Crippen molar-refractivity contribution < 1.29 is 18.7 Å². The van der Waals surface area contributed by atoms with E-state index in [-0.39, 0.29) is 40.9 Å². The summed E-state index contributed by atoms with van der Waals surface area (Å²) in [5.74, 6) is -3.62. The molecular formula is C22H35F2NO2. The van der Waals surface area contributed by atoms with Crippen LogP contribution in [0.5, 0.6) is 0 Å². The Hall–Kier alpha value is -0.710. The summed E-state index contributed by atoms with van der Waals surface area (Å²) in [6.45, 7) is 4.46. The fourth-order valence-electron chi connectivity index (χ4n) is 8.09. The highest BCUT2D eigenvalue weighted by Crippen LogP contribution is 2.70. The minimum atomic E-state index is -2.58. The van der Waals surface area contributed by atoms with Crippen LogP contribution in [-0.4, -0.2) is 23.0 Å². The third-order valence-electron chi connectivity index (χ3n) is 9.63. The molecule has 0 amide bonds. The first-order valence-electron chi connectivity index (χ1n) is 11.0. The Morgan fingerprint density at radius 1 is 1.07 bits per heavy atom. The van der Waals surface area contributed by atoms with Gasteiger partial charge >= 0.3 is 5.97 Å². The smallest absolute Gasteiger partial charge is 0.320 e. The lowest BCUT2D eigenvalue weighted by Crippen LogP contribution is -2.60. The minimum Gasteiger partial charge on any atom is -0.480 e. The number of rotatable bonds is 3. The van der Waals surface area contributed by atoms with Crippen molar-refractivity contribution in [2.24, 2.45) is 46.2 Å². The van der Waals surface area contributed by atoms with Crippen LogP contribution in [0.2, 0.25) is 0 Å². The van der Waals surface area contributed by atoms with Crippen LogP contribution < -0.4 is 5.73 Å². The SMILES string of the molecule is CC12CCC3C(C1CCC2CC(N)C(=O)O)C(F)(F)CC1CCCCC13C. The van der Waals surface area contributed by atoms with Crippen LogP contribution in [0.15, 0.2) is 0 Å². The highest BCUT2D eigenvalue weighted by Gasteiger charge is 2.67. The largest absolute Gasteiger partial charge is 0.480 e. The number of fused-ring (bicyclic) bond motifs is 5. The average Bonchev–Trinajstić information content (AvgIpc) is 2.91. The highest BCUT2D eigenvalue weighted by molar-refractivity contribution is 5.73. The molecule has 5 heteroatoms. The molecule has 8 atom stereocenters. The first-order valence-corrected chi connectivity index (χ1v) is 11.0. The summed E-state index contributed by atoms with van der Waals surface area (Å²) < 4.78 is 31.0. The zero-order chi connectivity index (χ0) is 19.6. The zero-order valence-electron chi connectivity index (χ0n) is 16.7. The molecule has 0 spiro atoms. The number of halogens is 2. The van der Waals surface area contributed by atoms with Crippen molar-refractivity contribution in [3.05, 3.63) is 0 Å². The molecule has 0 bridgehead atoms. The van der Waals surface area contributed by atoms with Crippen molar-refractivity contribution in [3.63, 3.8) is 0 Å². The number of carboxylic acid groups (broad SMARTS) is 1. The van der Waals surface area contributed by atoms with Crippen LogP contribution >= 0.6 is 0 Å². The van der Waals surface area contributed by atoms with Gasteiger partial charge in [0.05, 0.1) is 0 Å². The quantitative estimate of drug-likeness (QED) is 0.714. The fraction of sp³-hybridized carbons (Fsp3) is 0.955. The number of carbonyl (C=O) groups is 1. The van der Waals surface area contributed by atoms with Crippen molar-refractivity contribution in [1.82, 2.24) is 0 Å². The maximum absolute atomic E-state index is 15.5. The molecule has 4 aliphatic carbocycles. The molecule has 0 saturated heterocycles. The predicted octanol–water partition coefficient (Wildman–Crippen LogP) is 5.08. The lowest BCUT2D eigenvalue weighted by Gasteiger charge is -2.62. The molecule has 8 unspecified atom stereocenters. The molecule has 0 aromatic heterocycles. The van der Waals surface area contributed by atoms with Gasteiger partial charge in [-0.1, -0.05) is 26.7 Å². The molecule has 4 rings (SSSR count). The summed E-state index contributed by atoms with van der Waals surface area (Å²) in [5.41, 5.74) is 5.71. The number of hydrogen-bond acceptors (Lipinski definition) is 2. The molecule has 154 valence electrons. The van der Waals surface area contributed by atoms with Crippen LogP contribution in [0.3, 0.4) is 0 Å². The summed E-state index contributed by atoms with van der Waals surface area (Å²) in [5, 5.41) is 9.21. The summed E-state index contributed by atoms with van der Waals surface area (Å²) in [6.07, 6.45) is 8.32. The van der Waals surface area contributed by atoms with Crippen molar-refractivity contribution >= 4 is 5.97 Å². The summed E-state index contributed by atoms with van der Waals surface area (Å²) >= 11 is 0. The van der Waals surface area contributed by atoms with Crippen molar-refractivity contribution in [3.8, 4) is 0 Å². The number of aliphatic carboxylic acids is 1. The second kappa shape index (κ2) is 6.40. The minimum absolute atomic E-state index is 0.0111. The Bertz CT molecular complexity index is 611. The second-order valence-electron chi connectivity index (χ2n) is 10.7. The molecule has 0 aromatic rings. The van der Waals surface area contributed by atoms with Crippen LogP contribution in [0.25, 0.3) is 0 Å². The normalized spacial score (nSPS) is 49.6. The Morgan fingerprint density at radius 3 is 2.48 bits per heavy atom. The van der Waals surface area contributed by atoms with Crippen LogP contribution in [-0.2, 0) is 4.79 Å². The van der Waals surface area contributed by atoms with Crippen molar-refractivity contribution in [2.45, 2.75) is 90.0 Å². The maximum Gasteiger partial charge on any atom is 0.320 e. The Balaban J connectivity index is 1.63. The number of carboxylic acids is 1. The Labute approximate surface area is 161 Å². The van der Waals surface area contributed by atoms with E-state index in [0.717, 1.165) is 44.9 Å². The van der Waals surface area contributed by atoms with Gasteiger partial charge in [0, 0.05) is 12.3 Å². The van der Waals surface area contributed by atoms with E-state index in [1.54, 1.807) is 0 Å². The van der Waals surface area contributed by atoms with Crippen LogP contribution in [0.1, 0.15) is 78.1 Å². The van der Waals surface area contributed by atoms with E-state index < -0.39 is 23.9 Å². The van der Waals surface area contributed by atoms with Gasteiger partial charge in [0.15, 0.2) is 0 Å². The highest BCUT2D eigenvalue weighted by atomic mass is 19.3. The fourth-order valence-corrected chi connectivity index (χ4v) is 8.09. The molecule has 0 radical (unpaired) electrons. The van der Waals surface area contributed by atoms with E-state index in [2.05, 4.69) is 13.8 Å². The third-order valence-corrected chi connectivity index (χ3v) is 9.63. The summed E-state index contributed by atoms with van der Waals surface area (Å²) in [4.78, 5) is 11.2. The van der Waals surface area contributed by atoms with Gasteiger partial charge in [0.1, 0.15) is 6.04 Å². The van der Waals surface area contributed by atoms with Crippen molar-refractivity contribution in [1.29, 1.82) is 0 Å². The van der Waals surface area contributed by atoms with Gasteiger partial charge in [-0.25, -0.2) is 8.78 Å². The predicted molar refractivity (Wildman–Crippen MR) is 100 cm³/mol. The molecule has 4 fully saturated rings. The topological polar surface area (TPSA) is 63.3 Å². The second-order valence-corrected chi connectivity index (χ2v) is 10.7. The van der Waals surface area contributed by atoms with Gasteiger partial charge in [-0.2, -0.15) is 0 Å². The van der Waals surface area contributed by atoms with Crippen LogP contribution in [0.4, 0.5) is 8.78 Å². The lowest BCUT2D eigenvalue weighted by molar-refractivity contribution is -0.232. The Kier molecular flexibility index (Phi) is 4.64. The number of nitrogens with two attached hydrogens (primary N) is 1. The number of alkyl halides is 2. The molecule has 0 aliphatic heterocycles. The molecule has 3 nitrogen and oxygen atoms in total. The van der Waals surface area contributed by atoms with Crippen molar-refractivity contribution in [2.75, 3.05) is 0 Å². The van der Waals surface area contributed by atoms with E-state index in [1.807, 2.05) is 0 Å². The van der Waals surface area contributed by atoms with Gasteiger partial charge in [-0.15, -0.1) is 0 Å². The monoisotopic (exact) mass is 383 g/mol. The first kappa shape index (κ1) is 19.6. The molecule has 0 aromatic carbocycles. The van der Waals surface area contributed by atoms with E-state index in [4.69, 9.17) is 5.73 Å². The number of hydrogen-bond donors (Lipinski definition) is 2. The first-order chi connectivity index (χ1) is 12.6. The lowest BCUT2D eigenvalue weighted by atomic mass is 9.44. The molecule has 27 heavy (non-hydrogen) atoms. The molecule has 4 saturated carbocycles. The molecular weight excluding hydrogens is 348 g/mol. The van der Waals surface area contributed by atoms with Gasteiger partial charge in [0.25, 0.3) is 5.92 Å². The standard InChI is InChI=1S/C22H35F2NO2/c1-20-9-4-3-5-14(20)12-22(23,24)18-15-7-6-13(11-17(25)19(26)27)21(15,2)10-8-16(18)20/h13-18H,3-12,25H2,1-2H3,(H,26,27). The molecule has 4 aliphatic rings. The van der Waals surface area contributed by atoms with Gasteiger partial charge in [-0.05, 0) is 79.4 Å². The Morgan fingerprint density at radius 2 is 1.78 bits per heavy atom. The average molecular weight is 384 g/mol.